The number of benzene rings is 1. The van der Waals surface area contributed by atoms with Gasteiger partial charge in [-0.25, -0.2) is 0 Å². The van der Waals surface area contributed by atoms with Crippen LogP contribution in [-0.4, -0.2) is 23.9 Å². The van der Waals surface area contributed by atoms with Gasteiger partial charge >= 0.3 is 5.97 Å². The third-order valence-electron chi connectivity index (χ3n) is 4.38. The van der Waals surface area contributed by atoms with Crippen molar-refractivity contribution in [2.45, 2.75) is 58.5 Å². The summed E-state index contributed by atoms with van der Waals surface area (Å²) in [5, 5.41) is 5.35. The Morgan fingerprint density at radius 3 is 2.20 bits per heavy atom. The van der Waals surface area contributed by atoms with Crippen molar-refractivity contribution in [3.8, 4) is 0 Å². The largest absolute Gasteiger partial charge is 0.453 e. The predicted octanol–water partition coefficient (Wildman–Crippen LogP) is 3.49. The van der Waals surface area contributed by atoms with Gasteiger partial charge in [0, 0.05) is 24.7 Å². The first-order valence-corrected chi connectivity index (χ1v) is 8.82. The molecule has 1 aromatic rings. The molecule has 0 spiro atoms. The number of nitrogens with one attached hydrogen (secondary N) is 2. The number of hydrogen-bond donors (Lipinski definition) is 2. The Balaban J connectivity index is 1.75. The smallest absolute Gasteiger partial charge is 0.306 e. The Morgan fingerprint density at radius 2 is 1.64 bits per heavy atom. The molecule has 1 aliphatic carbocycles. The van der Waals surface area contributed by atoms with Crippen LogP contribution in [0.3, 0.4) is 0 Å². The Kier molecular flexibility index (Phi) is 6.98. The highest BCUT2D eigenvalue weighted by molar-refractivity contribution is 5.95. The minimum absolute atomic E-state index is 0.157. The van der Waals surface area contributed by atoms with Gasteiger partial charge in [0.05, 0.1) is 0 Å². The van der Waals surface area contributed by atoms with Gasteiger partial charge in [-0.05, 0) is 43.5 Å². The number of carbonyl (C=O) groups excluding carboxylic acids is 3. The van der Waals surface area contributed by atoms with Gasteiger partial charge in [0.2, 0.25) is 5.91 Å². The van der Waals surface area contributed by atoms with E-state index in [0.717, 1.165) is 6.42 Å². The van der Waals surface area contributed by atoms with Crippen LogP contribution in [0.2, 0.25) is 0 Å². The lowest BCUT2D eigenvalue weighted by Gasteiger charge is -2.15. The fourth-order valence-electron chi connectivity index (χ4n) is 3.01. The number of esters is 1. The SMILES string of the molecule is CC(=O)Nc1ccc(NC(=O)[C@H](C)OC(=O)CCC2CCCC2)cc1. The molecule has 2 amide bonds. The summed E-state index contributed by atoms with van der Waals surface area (Å²) in [5.41, 5.74) is 1.23. The molecule has 2 N–H and O–H groups in total. The molecular formula is C19H26N2O4. The zero-order chi connectivity index (χ0) is 18.2. The number of carbonyl (C=O) groups is 3. The second-order valence-corrected chi connectivity index (χ2v) is 6.57. The third kappa shape index (κ3) is 6.57. The summed E-state index contributed by atoms with van der Waals surface area (Å²) in [5.74, 6) is -0.231. The van der Waals surface area contributed by atoms with Crippen LogP contribution in [0, 0.1) is 5.92 Å². The molecule has 0 aromatic heterocycles. The molecule has 6 heteroatoms. The van der Waals surface area contributed by atoms with Gasteiger partial charge in [0.1, 0.15) is 0 Å². The van der Waals surface area contributed by atoms with E-state index in [4.69, 9.17) is 4.74 Å². The average molecular weight is 346 g/mol. The minimum Gasteiger partial charge on any atom is -0.453 e. The first-order valence-electron chi connectivity index (χ1n) is 8.82. The molecule has 1 saturated carbocycles. The molecule has 1 fully saturated rings. The quantitative estimate of drug-likeness (QED) is 0.740. The van der Waals surface area contributed by atoms with E-state index < -0.39 is 6.10 Å². The normalized spacial score (nSPS) is 15.4. The highest BCUT2D eigenvalue weighted by Gasteiger charge is 2.20. The van der Waals surface area contributed by atoms with E-state index in [1.54, 1.807) is 31.2 Å². The van der Waals surface area contributed by atoms with Gasteiger partial charge in [-0.3, -0.25) is 14.4 Å². The Hall–Kier alpha value is -2.37. The van der Waals surface area contributed by atoms with E-state index in [1.165, 1.54) is 32.6 Å². The zero-order valence-electron chi connectivity index (χ0n) is 14.8. The molecule has 6 nitrogen and oxygen atoms in total. The van der Waals surface area contributed by atoms with Crippen molar-refractivity contribution in [2.24, 2.45) is 5.92 Å². The fraction of sp³-hybridized carbons (Fsp3) is 0.526. The van der Waals surface area contributed by atoms with Crippen molar-refractivity contribution in [1.82, 2.24) is 0 Å². The van der Waals surface area contributed by atoms with Crippen LogP contribution >= 0.6 is 0 Å². The lowest BCUT2D eigenvalue weighted by atomic mass is 10.0. The van der Waals surface area contributed by atoms with Crippen LogP contribution in [-0.2, 0) is 19.1 Å². The molecule has 0 saturated heterocycles. The molecule has 0 bridgehead atoms. The number of rotatable bonds is 7. The molecule has 0 aliphatic heterocycles. The van der Waals surface area contributed by atoms with Gasteiger partial charge < -0.3 is 15.4 Å². The maximum absolute atomic E-state index is 12.1. The summed E-state index contributed by atoms with van der Waals surface area (Å²) in [6.45, 7) is 2.99. The topological polar surface area (TPSA) is 84.5 Å². The Bertz CT molecular complexity index is 606. The maximum Gasteiger partial charge on any atom is 0.306 e. The van der Waals surface area contributed by atoms with Crippen molar-refractivity contribution in [3.63, 3.8) is 0 Å². The van der Waals surface area contributed by atoms with Crippen molar-refractivity contribution < 1.29 is 19.1 Å². The van der Waals surface area contributed by atoms with E-state index >= 15 is 0 Å². The van der Waals surface area contributed by atoms with E-state index in [-0.39, 0.29) is 17.8 Å². The molecule has 0 radical (unpaired) electrons. The van der Waals surface area contributed by atoms with E-state index in [2.05, 4.69) is 10.6 Å². The first kappa shape index (κ1) is 19.0. The van der Waals surface area contributed by atoms with E-state index in [9.17, 15) is 14.4 Å². The highest BCUT2D eigenvalue weighted by atomic mass is 16.5. The standard InChI is InChI=1S/C19H26N2O4/c1-13(25-18(23)12-7-15-5-3-4-6-15)19(24)21-17-10-8-16(9-11-17)20-14(2)22/h8-11,13,15H,3-7,12H2,1-2H3,(H,20,22)(H,21,24)/t13-/m0/s1. The van der Waals surface area contributed by atoms with Crippen molar-refractivity contribution in [3.05, 3.63) is 24.3 Å². The van der Waals surface area contributed by atoms with Crippen molar-refractivity contribution in [1.29, 1.82) is 0 Å². The van der Waals surface area contributed by atoms with Crippen LogP contribution < -0.4 is 10.6 Å². The number of amides is 2. The van der Waals surface area contributed by atoms with Crippen LogP contribution in [0.1, 0.15) is 52.4 Å². The second-order valence-electron chi connectivity index (χ2n) is 6.57. The molecule has 1 atom stereocenters. The lowest BCUT2D eigenvalue weighted by Crippen LogP contribution is -2.30. The number of anilines is 2. The number of ether oxygens (including phenoxy) is 1. The second kappa shape index (κ2) is 9.20. The maximum atomic E-state index is 12.1. The molecule has 2 rings (SSSR count). The van der Waals surface area contributed by atoms with E-state index in [1.807, 2.05) is 0 Å². The monoisotopic (exact) mass is 346 g/mol. The fourth-order valence-corrected chi connectivity index (χ4v) is 3.01. The summed E-state index contributed by atoms with van der Waals surface area (Å²) in [7, 11) is 0. The predicted molar refractivity (Wildman–Crippen MR) is 96.1 cm³/mol. The van der Waals surface area contributed by atoms with Gasteiger partial charge in [0.25, 0.3) is 5.91 Å². The Labute approximate surface area is 148 Å². The third-order valence-corrected chi connectivity index (χ3v) is 4.38. The van der Waals surface area contributed by atoms with Gasteiger partial charge in [0.15, 0.2) is 6.10 Å². The highest BCUT2D eigenvalue weighted by Crippen LogP contribution is 2.28. The summed E-state index contributed by atoms with van der Waals surface area (Å²) in [4.78, 5) is 35.0. The van der Waals surface area contributed by atoms with Crippen LogP contribution in [0.25, 0.3) is 0 Å². The molecule has 0 heterocycles. The van der Waals surface area contributed by atoms with E-state index in [0.29, 0.717) is 23.7 Å². The first-order chi connectivity index (χ1) is 11.9. The van der Waals surface area contributed by atoms with Gasteiger partial charge in [-0.2, -0.15) is 0 Å². The van der Waals surface area contributed by atoms with Gasteiger partial charge in [-0.1, -0.05) is 25.7 Å². The minimum atomic E-state index is -0.842. The molecule has 0 unspecified atom stereocenters. The molecular weight excluding hydrogens is 320 g/mol. The van der Waals surface area contributed by atoms with Crippen LogP contribution in [0.15, 0.2) is 24.3 Å². The van der Waals surface area contributed by atoms with Crippen molar-refractivity contribution in [2.75, 3.05) is 10.6 Å². The Morgan fingerprint density at radius 1 is 1.08 bits per heavy atom. The summed E-state index contributed by atoms with van der Waals surface area (Å²) >= 11 is 0. The summed E-state index contributed by atoms with van der Waals surface area (Å²) in [6.07, 6.45) is 5.26. The lowest BCUT2D eigenvalue weighted by molar-refractivity contribution is -0.153. The van der Waals surface area contributed by atoms with Crippen molar-refractivity contribution >= 4 is 29.2 Å². The van der Waals surface area contributed by atoms with Gasteiger partial charge in [-0.15, -0.1) is 0 Å². The number of hydrogen-bond acceptors (Lipinski definition) is 4. The molecule has 1 aromatic carbocycles. The van der Waals surface area contributed by atoms with Crippen LogP contribution in [0.4, 0.5) is 11.4 Å². The van der Waals surface area contributed by atoms with Crippen LogP contribution in [0.5, 0.6) is 0 Å². The summed E-state index contributed by atoms with van der Waals surface area (Å²) in [6, 6.07) is 6.74. The zero-order valence-corrected chi connectivity index (χ0v) is 14.8. The molecule has 25 heavy (non-hydrogen) atoms. The average Bonchev–Trinajstić information content (AvgIpc) is 3.07. The molecule has 136 valence electrons. The summed E-state index contributed by atoms with van der Waals surface area (Å²) < 4.78 is 5.21. The molecule has 1 aliphatic rings.